The fourth-order valence-corrected chi connectivity index (χ4v) is 2.69. The molecular weight excluding hydrogens is 184 g/mol. The van der Waals surface area contributed by atoms with Crippen LogP contribution in [0.2, 0.25) is 0 Å². The summed E-state index contributed by atoms with van der Waals surface area (Å²) in [7, 11) is -0.582. The molecule has 1 aliphatic heterocycles. The average molecular weight is 200 g/mol. The Morgan fingerprint density at radius 3 is 2.77 bits per heavy atom. The maximum Gasteiger partial charge on any atom is 0.0666 e. The van der Waals surface area contributed by atoms with Crippen LogP contribution < -0.4 is 5.32 Å². The zero-order valence-corrected chi connectivity index (χ0v) is 8.77. The second kappa shape index (κ2) is 5.36. The summed E-state index contributed by atoms with van der Waals surface area (Å²) in [5.41, 5.74) is 0. The van der Waals surface area contributed by atoms with Gasteiger partial charge in [0.25, 0.3) is 0 Å². The molecule has 4 heteroatoms. The minimum Gasteiger partial charge on any atom is -0.313 e. The van der Waals surface area contributed by atoms with E-state index in [1.807, 2.05) is 6.92 Å². The van der Waals surface area contributed by atoms with Crippen LogP contribution in [0.5, 0.6) is 0 Å². The van der Waals surface area contributed by atoms with E-state index in [1.54, 1.807) is 0 Å². The molecule has 1 rings (SSSR count). The highest BCUT2D eigenvalue weighted by molar-refractivity contribution is 7.85. The van der Waals surface area contributed by atoms with Crippen LogP contribution in [-0.4, -0.2) is 28.3 Å². The summed E-state index contributed by atoms with van der Waals surface area (Å²) in [6, 6.07) is 2.67. The van der Waals surface area contributed by atoms with Crippen LogP contribution in [0.1, 0.15) is 19.8 Å². The molecule has 74 valence electrons. The molecule has 0 bridgehead atoms. The van der Waals surface area contributed by atoms with Gasteiger partial charge in [-0.05, 0) is 19.8 Å². The van der Waals surface area contributed by atoms with Crippen LogP contribution in [0.4, 0.5) is 0 Å². The molecule has 1 unspecified atom stereocenters. The Morgan fingerprint density at radius 1 is 1.62 bits per heavy atom. The summed E-state index contributed by atoms with van der Waals surface area (Å²) in [5.74, 6) is 1.71. The fourth-order valence-electron chi connectivity index (χ4n) is 1.39. The Labute approximate surface area is 82.0 Å². The number of nitrogens with zero attached hydrogens (tertiary/aromatic N) is 1. The van der Waals surface area contributed by atoms with E-state index in [0.717, 1.165) is 30.9 Å². The van der Waals surface area contributed by atoms with Crippen molar-refractivity contribution in [2.75, 3.05) is 18.1 Å². The summed E-state index contributed by atoms with van der Waals surface area (Å²) in [6.45, 7) is 2.67. The van der Waals surface area contributed by atoms with Gasteiger partial charge in [-0.15, -0.1) is 0 Å². The van der Waals surface area contributed by atoms with Crippen molar-refractivity contribution in [3.63, 3.8) is 0 Å². The first-order chi connectivity index (χ1) is 6.22. The van der Waals surface area contributed by atoms with Crippen molar-refractivity contribution in [1.29, 1.82) is 5.26 Å². The van der Waals surface area contributed by atoms with E-state index in [1.165, 1.54) is 0 Å². The minimum atomic E-state index is -0.582. The number of rotatable bonds is 3. The molecule has 0 aromatic heterocycles. The highest BCUT2D eigenvalue weighted by Crippen LogP contribution is 2.09. The van der Waals surface area contributed by atoms with Gasteiger partial charge in [0.05, 0.1) is 12.0 Å². The van der Waals surface area contributed by atoms with Gasteiger partial charge in [0.1, 0.15) is 0 Å². The van der Waals surface area contributed by atoms with Gasteiger partial charge in [-0.1, -0.05) is 0 Å². The van der Waals surface area contributed by atoms with Crippen molar-refractivity contribution in [3.05, 3.63) is 0 Å². The van der Waals surface area contributed by atoms with Crippen molar-refractivity contribution in [3.8, 4) is 6.07 Å². The summed E-state index contributed by atoms with van der Waals surface area (Å²) in [5, 5.41) is 11.9. The van der Waals surface area contributed by atoms with Crippen molar-refractivity contribution < 1.29 is 4.21 Å². The van der Waals surface area contributed by atoms with E-state index in [2.05, 4.69) is 11.4 Å². The Kier molecular flexibility index (Phi) is 4.40. The van der Waals surface area contributed by atoms with Crippen LogP contribution in [0, 0.1) is 17.2 Å². The molecule has 1 saturated heterocycles. The molecule has 0 aliphatic carbocycles. The van der Waals surface area contributed by atoms with E-state index >= 15 is 0 Å². The predicted octanol–water partition coefficient (Wildman–Crippen LogP) is 0.647. The van der Waals surface area contributed by atoms with Crippen LogP contribution in [-0.2, 0) is 10.8 Å². The van der Waals surface area contributed by atoms with Crippen LogP contribution in [0.15, 0.2) is 0 Å². The zero-order chi connectivity index (χ0) is 9.68. The average Bonchev–Trinajstić information content (AvgIpc) is 2.16. The quantitative estimate of drug-likeness (QED) is 0.727. The number of hydrogen-bond acceptors (Lipinski definition) is 3. The van der Waals surface area contributed by atoms with Crippen molar-refractivity contribution in [2.45, 2.75) is 25.8 Å². The molecule has 0 aromatic carbocycles. The molecule has 0 aromatic rings. The van der Waals surface area contributed by atoms with Crippen LogP contribution >= 0.6 is 0 Å². The van der Waals surface area contributed by atoms with Crippen LogP contribution in [0.25, 0.3) is 0 Å². The van der Waals surface area contributed by atoms with Gasteiger partial charge in [-0.25, -0.2) is 0 Å². The lowest BCUT2D eigenvalue weighted by Gasteiger charge is -2.22. The molecule has 1 fully saturated rings. The topological polar surface area (TPSA) is 52.9 Å². The van der Waals surface area contributed by atoms with Gasteiger partial charge in [0.15, 0.2) is 0 Å². The van der Waals surface area contributed by atoms with Gasteiger partial charge in [0.2, 0.25) is 0 Å². The first-order valence-corrected chi connectivity index (χ1v) is 6.19. The number of hydrogen-bond donors (Lipinski definition) is 1. The normalized spacial score (nSPS) is 30.8. The largest absolute Gasteiger partial charge is 0.313 e. The predicted molar refractivity (Wildman–Crippen MR) is 53.7 cm³/mol. The third kappa shape index (κ3) is 3.88. The van der Waals surface area contributed by atoms with E-state index in [-0.39, 0.29) is 5.92 Å². The first-order valence-electron chi connectivity index (χ1n) is 4.70. The Hall–Kier alpha value is -0.400. The Balaban J connectivity index is 2.16. The highest BCUT2D eigenvalue weighted by atomic mass is 32.2. The van der Waals surface area contributed by atoms with Crippen LogP contribution in [0.3, 0.4) is 0 Å². The SMILES string of the molecule is CC(C#N)CNC1CCS(=O)CC1. The monoisotopic (exact) mass is 200 g/mol. The second-order valence-electron chi connectivity index (χ2n) is 3.56. The maximum absolute atomic E-state index is 11.0. The highest BCUT2D eigenvalue weighted by Gasteiger charge is 2.17. The molecule has 13 heavy (non-hydrogen) atoms. The minimum absolute atomic E-state index is 0.0763. The van der Waals surface area contributed by atoms with E-state index < -0.39 is 10.8 Å². The molecule has 1 heterocycles. The smallest absolute Gasteiger partial charge is 0.0666 e. The van der Waals surface area contributed by atoms with Crippen molar-refractivity contribution >= 4 is 10.8 Å². The van der Waals surface area contributed by atoms with E-state index in [4.69, 9.17) is 5.26 Å². The maximum atomic E-state index is 11.0. The second-order valence-corrected chi connectivity index (χ2v) is 5.26. The summed E-state index contributed by atoms with van der Waals surface area (Å²) < 4.78 is 11.0. The van der Waals surface area contributed by atoms with Gasteiger partial charge >= 0.3 is 0 Å². The lowest BCUT2D eigenvalue weighted by atomic mass is 10.1. The Bertz CT molecular complexity index is 214. The summed E-state index contributed by atoms with van der Waals surface area (Å²) >= 11 is 0. The van der Waals surface area contributed by atoms with Gasteiger partial charge in [-0.3, -0.25) is 4.21 Å². The van der Waals surface area contributed by atoms with Crippen molar-refractivity contribution in [1.82, 2.24) is 5.32 Å². The molecule has 0 radical (unpaired) electrons. The molecule has 1 aliphatic rings. The first kappa shape index (κ1) is 10.7. The van der Waals surface area contributed by atoms with Crippen molar-refractivity contribution in [2.24, 2.45) is 5.92 Å². The molecule has 0 amide bonds. The molecule has 0 spiro atoms. The molecule has 0 saturated carbocycles. The Morgan fingerprint density at radius 2 is 2.23 bits per heavy atom. The summed E-state index contributed by atoms with van der Waals surface area (Å²) in [6.07, 6.45) is 1.98. The number of nitrogens with one attached hydrogen (secondary N) is 1. The molecule has 1 atom stereocenters. The van der Waals surface area contributed by atoms with E-state index in [0.29, 0.717) is 6.04 Å². The molecule has 3 nitrogen and oxygen atoms in total. The third-order valence-corrected chi connectivity index (χ3v) is 3.70. The zero-order valence-electron chi connectivity index (χ0n) is 7.95. The molecule has 1 N–H and O–H groups in total. The fraction of sp³-hybridized carbons (Fsp3) is 0.889. The lowest BCUT2D eigenvalue weighted by molar-refractivity contribution is 0.454. The van der Waals surface area contributed by atoms with Gasteiger partial charge in [0, 0.05) is 34.9 Å². The summed E-state index contributed by atoms with van der Waals surface area (Å²) in [4.78, 5) is 0. The van der Waals surface area contributed by atoms with Gasteiger partial charge in [-0.2, -0.15) is 5.26 Å². The standard InChI is InChI=1S/C9H16N2OS/c1-8(6-10)7-11-9-2-4-13(12)5-3-9/h8-9,11H,2-5,7H2,1H3. The van der Waals surface area contributed by atoms with E-state index in [9.17, 15) is 4.21 Å². The molecular formula is C9H16N2OS. The lowest BCUT2D eigenvalue weighted by Crippen LogP contribution is -2.37. The van der Waals surface area contributed by atoms with Gasteiger partial charge < -0.3 is 5.32 Å². The third-order valence-electron chi connectivity index (χ3n) is 2.32. The number of nitriles is 1.